The molecule has 2 aliphatic heterocycles. The molecule has 0 N–H and O–H groups in total. The molecule has 3 unspecified atom stereocenters. The molecule has 2 aromatic carbocycles. The minimum Gasteiger partial charge on any atom is -0.438 e. The van der Waals surface area contributed by atoms with E-state index in [9.17, 15) is 4.79 Å². The second kappa shape index (κ2) is 7.20. The fraction of sp³-hybridized carbons (Fsp3) is 0.435. The van der Waals surface area contributed by atoms with Crippen molar-refractivity contribution < 1.29 is 14.3 Å². The molecule has 2 aliphatic rings. The SMILES string of the molecule is Cc1cc(Br)ccc1C(C)N1CCC(CC2(C)CO2)(c2ccccc2)OC1=O. The lowest BCUT2D eigenvalue weighted by molar-refractivity contribution is -0.0751. The molecule has 0 aromatic heterocycles. The van der Waals surface area contributed by atoms with Crippen molar-refractivity contribution in [1.82, 2.24) is 4.90 Å². The smallest absolute Gasteiger partial charge is 0.411 e. The van der Waals surface area contributed by atoms with Gasteiger partial charge in [0.2, 0.25) is 0 Å². The summed E-state index contributed by atoms with van der Waals surface area (Å²) in [5.41, 5.74) is 2.52. The molecule has 0 saturated carbocycles. The van der Waals surface area contributed by atoms with Gasteiger partial charge >= 0.3 is 6.09 Å². The van der Waals surface area contributed by atoms with Gasteiger partial charge in [0.25, 0.3) is 0 Å². The first-order valence-electron chi connectivity index (χ1n) is 9.77. The Balaban J connectivity index is 1.59. The van der Waals surface area contributed by atoms with Crippen LogP contribution in [-0.4, -0.2) is 29.7 Å². The molecule has 4 nitrogen and oxygen atoms in total. The highest BCUT2D eigenvalue weighted by molar-refractivity contribution is 9.10. The number of aryl methyl sites for hydroxylation is 1. The maximum absolute atomic E-state index is 13.1. The van der Waals surface area contributed by atoms with Crippen molar-refractivity contribution in [3.05, 3.63) is 69.7 Å². The van der Waals surface area contributed by atoms with Gasteiger partial charge in [-0.1, -0.05) is 52.3 Å². The number of cyclic esters (lactones) is 1. The van der Waals surface area contributed by atoms with E-state index in [1.54, 1.807) is 0 Å². The van der Waals surface area contributed by atoms with E-state index in [0.717, 1.165) is 34.2 Å². The number of epoxide rings is 1. The number of amides is 1. The summed E-state index contributed by atoms with van der Waals surface area (Å²) in [5.74, 6) is 0. The van der Waals surface area contributed by atoms with E-state index in [0.29, 0.717) is 13.0 Å². The third kappa shape index (κ3) is 3.70. The largest absolute Gasteiger partial charge is 0.438 e. The van der Waals surface area contributed by atoms with Gasteiger partial charge in [-0.05, 0) is 49.6 Å². The minimum absolute atomic E-state index is 0.0397. The Morgan fingerprint density at radius 2 is 1.93 bits per heavy atom. The summed E-state index contributed by atoms with van der Waals surface area (Å²) in [6, 6.07) is 16.2. The topological polar surface area (TPSA) is 42.1 Å². The molecule has 2 saturated heterocycles. The highest BCUT2D eigenvalue weighted by atomic mass is 79.9. The Kier molecular flexibility index (Phi) is 5.00. The number of nitrogens with zero attached hydrogens (tertiary/aromatic N) is 1. The summed E-state index contributed by atoms with van der Waals surface area (Å²) >= 11 is 3.51. The Morgan fingerprint density at radius 1 is 1.21 bits per heavy atom. The molecule has 0 radical (unpaired) electrons. The Morgan fingerprint density at radius 3 is 2.54 bits per heavy atom. The molecular formula is C23H26BrNO3. The fourth-order valence-corrected chi connectivity index (χ4v) is 4.77. The van der Waals surface area contributed by atoms with Gasteiger partial charge in [0.1, 0.15) is 5.60 Å². The van der Waals surface area contributed by atoms with Gasteiger partial charge in [-0.2, -0.15) is 0 Å². The van der Waals surface area contributed by atoms with Crippen LogP contribution in [0.25, 0.3) is 0 Å². The quantitative estimate of drug-likeness (QED) is 0.553. The zero-order valence-corrected chi connectivity index (χ0v) is 18.2. The number of carbonyl (C=O) groups excluding carboxylic acids is 1. The van der Waals surface area contributed by atoms with Crippen molar-refractivity contribution in [2.75, 3.05) is 13.2 Å². The maximum atomic E-state index is 13.1. The second-order valence-corrected chi connectivity index (χ2v) is 9.18. The average molecular weight is 444 g/mol. The molecule has 3 atom stereocenters. The van der Waals surface area contributed by atoms with Crippen LogP contribution in [-0.2, 0) is 15.1 Å². The van der Waals surface area contributed by atoms with Gasteiger partial charge in [0.15, 0.2) is 0 Å². The van der Waals surface area contributed by atoms with Crippen molar-refractivity contribution in [1.29, 1.82) is 0 Å². The first-order valence-corrected chi connectivity index (χ1v) is 10.6. The molecule has 2 fully saturated rings. The van der Waals surface area contributed by atoms with E-state index in [-0.39, 0.29) is 17.7 Å². The summed E-state index contributed by atoms with van der Waals surface area (Å²) in [7, 11) is 0. The molecule has 0 aliphatic carbocycles. The van der Waals surface area contributed by atoms with E-state index < -0.39 is 5.60 Å². The van der Waals surface area contributed by atoms with Gasteiger partial charge in [0, 0.05) is 23.9 Å². The monoisotopic (exact) mass is 443 g/mol. The Labute approximate surface area is 175 Å². The lowest BCUT2D eigenvalue weighted by Crippen LogP contribution is -2.50. The van der Waals surface area contributed by atoms with Crippen molar-refractivity contribution >= 4 is 22.0 Å². The first kappa shape index (κ1) is 19.5. The third-order valence-electron chi connectivity index (χ3n) is 6.02. The van der Waals surface area contributed by atoms with E-state index in [1.807, 2.05) is 29.2 Å². The molecule has 28 heavy (non-hydrogen) atoms. The van der Waals surface area contributed by atoms with Gasteiger partial charge in [-0.3, -0.25) is 0 Å². The van der Waals surface area contributed by atoms with Gasteiger partial charge < -0.3 is 14.4 Å². The first-order chi connectivity index (χ1) is 13.3. The number of rotatable bonds is 5. The molecule has 4 rings (SSSR count). The highest BCUT2D eigenvalue weighted by Crippen LogP contribution is 2.46. The van der Waals surface area contributed by atoms with Crippen LogP contribution in [0, 0.1) is 6.92 Å². The van der Waals surface area contributed by atoms with Gasteiger partial charge in [-0.25, -0.2) is 4.79 Å². The van der Waals surface area contributed by atoms with Crippen molar-refractivity contribution in [2.45, 2.75) is 50.9 Å². The van der Waals surface area contributed by atoms with Crippen LogP contribution in [0.4, 0.5) is 4.79 Å². The van der Waals surface area contributed by atoms with E-state index >= 15 is 0 Å². The van der Waals surface area contributed by atoms with Crippen LogP contribution < -0.4 is 0 Å². The number of halogens is 1. The van der Waals surface area contributed by atoms with Crippen LogP contribution in [0.15, 0.2) is 53.0 Å². The number of benzene rings is 2. The summed E-state index contributed by atoms with van der Waals surface area (Å²) in [6.07, 6.45) is 1.19. The van der Waals surface area contributed by atoms with Crippen molar-refractivity contribution in [2.24, 2.45) is 0 Å². The zero-order chi connectivity index (χ0) is 19.9. The predicted octanol–water partition coefficient (Wildman–Crippen LogP) is 5.74. The minimum atomic E-state index is -0.630. The van der Waals surface area contributed by atoms with E-state index in [2.05, 4.69) is 61.0 Å². The molecule has 5 heteroatoms. The highest BCUT2D eigenvalue weighted by Gasteiger charge is 2.52. The summed E-state index contributed by atoms with van der Waals surface area (Å²) in [4.78, 5) is 15.0. The summed E-state index contributed by atoms with van der Waals surface area (Å²) < 4.78 is 12.9. The molecular weight excluding hydrogens is 418 g/mol. The fourth-order valence-electron chi connectivity index (χ4n) is 4.30. The van der Waals surface area contributed by atoms with Crippen LogP contribution in [0.2, 0.25) is 0 Å². The standard InChI is InChI=1S/C23H26BrNO3/c1-16-13-19(24)9-10-20(16)17(2)25-12-11-23(28-21(25)26,14-22(3)15-27-22)18-7-5-4-6-8-18/h4-10,13,17H,11-12,14-15H2,1-3H3. The molecule has 0 spiro atoms. The molecule has 0 bridgehead atoms. The lowest BCUT2D eigenvalue weighted by Gasteiger charge is -2.44. The van der Waals surface area contributed by atoms with Gasteiger partial charge in [-0.15, -0.1) is 0 Å². The number of ether oxygens (including phenoxy) is 2. The van der Waals surface area contributed by atoms with Crippen LogP contribution in [0.1, 0.15) is 49.4 Å². The maximum Gasteiger partial charge on any atom is 0.411 e. The Bertz CT molecular complexity index is 881. The second-order valence-electron chi connectivity index (χ2n) is 8.26. The van der Waals surface area contributed by atoms with Crippen LogP contribution in [0.3, 0.4) is 0 Å². The van der Waals surface area contributed by atoms with Crippen LogP contribution >= 0.6 is 15.9 Å². The van der Waals surface area contributed by atoms with E-state index in [4.69, 9.17) is 9.47 Å². The predicted molar refractivity (Wildman–Crippen MR) is 112 cm³/mol. The summed E-state index contributed by atoms with van der Waals surface area (Å²) in [6.45, 7) is 7.60. The summed E-state index contributed by atoms with van der Waals surface area (Å²) in [5, 5.41) is 0. The number of hydrogen-bond acceptors (Lipinski definition) is 3. The number of hydrogen-bond donors (Lipinski definition) is 0. The van der Waals surface area contributed by atoms with Crippen LogP contribution in [0.5, 0.6) is 0 Å². The molecule has 2 aromatic rings. The average Bonchev–Trinajstić information content (AvgIpc) is 3.38. The van der Waals surface area contributed by atoms with Crippen molar-refractivity contribution in [3.8, 4) is 0 Å². The normalized spacial score (nSPS) is 28.0. The molecule has 1 amide bonds. The van der Waals surface area contributed by atoms with E-state index in [1.165, 1.54) is 0 Å². The number of carbonyl (C=O) groups is 1. The van der Waals surface area contributed by atoms with Crippen molar-refractivity contribution in [3.63, 3.8) is 0 Å². The zero-order valence-electron chi connectivity index (χ0n) is 16.6. The third-order valence-corrected chi connectivity index (χ3v) is 6.51. The lowest BCUT2D eigenvalue weighted by atomic mass is 9.81. The molecule has 148 valence electrons. The Hall–Kier alpha value is -1.85. The molecule has 2 heterocycles. The van der Waals surface area contributed by atoms with Gasteiger partial charge in [0.05, 0.1) is 18.2 Å².